The lowest BCUT2D eigenvalue weighted by atomic mass is 9.85. The molecule has 4 aromatic rings. The van der Waals surface area contributed by atoms with E-state index < -0.39 is 11.7 Å². The van der Waals surface area contributed by atoms with Gasteiger partial charge in [0.05, 0.1) is 16.0 Å². The molecule has 204 valence electrons. The number of nitrogens with one attached hydrogen (secondary N) is 2. The predicted molar refractivity (Wildman–Crippen MR) is 146 cm³/mol. The smallest absolute Gasteiger partial charge is 0.416 e. The Morgan fingerprint density at radius 2 is 1.79 bits per heavy atom. The standard InChI is InChI=1S/C28H28F3N5O2S/c1-16(18-7-4-3-5-8-18)32-26-34-21(19-11-13-20(14-12-19)28(29,30)31)15-24(35-26)38-22-9-6-10-23-25(22)36-27(39-23)33-17(2)37/h6,9-16,18H,3-5,7-8H2,1-2H3,(H,32,34,35)(H,33,36,37). The molecule has 1 aliphatic rings. The molecule has 0 spiro atoms. The highest BCUT2D eigenvalue weighted by molar-refractivity contribution is 7.22. The summed E-state index contributed by atoms with van der Waals surface area (Å²) in [6.45, 7) is 3.51. The molecule has 39 heavy (non-hydrogen) atoms. The molecule has 2 N–H and O–H groups in total. The minimum absolute atomic E-state index is 0.114. The van der Waals surface area contributed by atoms with Crippen LogP contribution in [0.3, 0.4) is 0 Å². The van der Waals surface area contributed by atoms with Crippen molar-refractivity contribution in [1.82, 2.24) is 15.0 Å². The number of hydrogen-bond acceptors (Lipinski definition) is 7. The highest BCUT2D eigenvalue weighted by atomic mass is 32.1. The molecule has 2 aromatic heterocycles. The summed E-state index contributed by atoms with van der Waals surface area (Å²) in [6, 6.07) is 12.0. The highest BCUT2D eigenvalue weighted by Gasteiger charge is 2.30. The fourth-order valence-electron chi connectivity index (χ4n) is 4.80. The van der Waals surface area contributed by atoms with Gasteiger partial charge < -0.3 is 15.4 Å². The number of carbonyl (C=O) groups excluding carboxylic acids is 1. The molecule has 5 rings (SSSR count). The fraction of sp³-hybridized carbons (Fsp3) is 0.357. The minimum Gasteiger partial charge on any atom is -0.437 e. The van der Waals surface area contributed by atoms with E-state index in [-0.39, 0.29) is 17.8 Å². The molecule has 2 aromatic carbocycles. The van der Waals surface area contributed by atoms with Crippen LogP contribution >= 0.6 is 11.3 Å². The maximum atomic E-state index is 13.1. The van der Waals surface area contributed by atoms with Gasteiger partial charge in [0.1, 0.15) is 5.52 Å². The quantitative estimate of drug-likeness (QED) is 0.241. The first-order valence-corrected chi connectivity index (χ1v) is 13.7. The summed E-state index contributed by atoms with van der Waals surface area (Å²) in [5, 5.41) is 6.54. The SMILES string of the molecule is CC(=O)Nc1nc2c(Oc3cc(-c4ccc(C(F)(F)F)cc4)nc(NC(C)C4CCCCC4)n3)cccc2s1. The molecular formula is C28H28F3N5O2S. The second kappa shape index (κ2) is 11.2. The van der Waals surface area contributed by atoms with E-state index >= 15 is 0 Å². The van der Waals surface area contributed by atoms with Crippen molar-refractivity contribution in [1.29, 1.82) is 0 Å². The summed E-state index contributed by atoms with van der Waals surface area (Å²) in [5.41, 5.74) is 0.761. The Kier molecular flexibility index (Phi) is 7.69. The highest BCUT2D eigenvalue weighted by Crippen LogP contribution is 2.36. The minimum atomic E-state index is -4.43. The normalized spacial score (nSPS) is 15.2. The van der Waals surface area contributed by atoms with Gasteiger partial charge in [-0.1, -0.05) is 48.8 Å². The van der Waals surface area contributed by atoms with Crippen LogP contribution in [0.5, 0.6) is 11.6 Å². The van der Waals surface area contributed by atoms with Crippen molar-refractivity contribution in [2.75, 3.05) is 10.6 Å². The van der Waals surface area contributed by atoms with Crippen molar-refractivity contribution in [2.24, 2.45) is 5.92 Å². The average molecular weight is 556 g/mol. The number of thiazole rings is 1. The van der Waals surface area contributed by atoms with Gasteiger partial charge in [0.25, 0.3) is 0 Å². The van der Waals surface area contributed by atoms with Gasteiger partial charge in [-0.2, -0.15) is 18.2 Å². The van der Waals surface area contributed by atoms with E-state index in [0.29, 0.717) is 39.5 Å². The van der Waals surface area contributed by atoms with Gasteiger partial charge in [0.2, 0.25) is 17.7 Å². The van der Waals surface area contributed by atoms with Crippen LogP contribution in [0, 0.1) is 5.92 Å². The predicted octanol–water partition coefficient (Wildman–Crippen LogP) is 7.90. The maximum absolute atomic E-state index is 13.1. The van der Waals surface area contributed by atoms with Gasteiger partial charge in [-0.25, -0.2) is 9.97 Å². The molecular weight excluding hydrogens is 527 g/mol. The van der Waals surface area contributed by atoms with Gasteiger partial charge >= 0.3 is 6.18 Å². The third-order valence-electron chi connectivity index (χ3n) is 6.80. The van der Waals surface area contributed by atoms with Gasteiger partial charge in [-0.3, -0.25) is 4.79 Å². The number of para-hydroxylation sites is 1. The van der Waals surface area contributed by atoms with E-state index in [1.165, 1.54) is 49.7 Å². The second-order valence-electron chi connectivity index (χ2n) is 9.73. The molecule has 1 unspecified atom stereocenters. The number of amides is 1. The number of fused-ring (bicyclic) bond motifs is 1. The molecule has 0 bridgehead atoms. The Morgan fingerprint density at radius 3 is 2.49 bits per heavy atom. The Bertz CT molecular complexity index is 1470. The first-order valence-electron chi connectivity index (χ1n) is 12.8. The number of hydrogen-bond donors (Lipinski definition) is 2. The molecule has 7 nitrogen and oxygen atoms in total. The number of ether oxygens (including phenoxy) is 1. The van der Waals surface area contributed by atoms with Gasteiger partial charge in [-0.15, -0.1) is 0 Å². The Balaban J connectivity index is 1.49. The van der Waals surface area contributed by atoms with Crippen molar-refractivity contribution in [3.8, 4) is 22.9 Å². The third-order valence-corrected chi connectivity index (χ3v) is 7.74. The number of alkyl halides is 3. The van der Waals surface area contributed by atoms with Crippen molar-refractivity contribution < 1.29 is 22.7 Å². The molecule has 1 atom stereocenters. The van der Waals surface area contributed by atoms with Crippen LogP contribution in [0.25, 0.3) is 21.5 Å². The largest absolute Gasteiger partial charge is 0.437 e. The van der Waals surface area contributed by atoms with Crippen LogP contribution in [-0.4, -0.2) is 26.9 Å². The molecule has 0 saturated heterocycles. The monoisotopic (exact) mass is 555 g/mol. The summed E-state index contributed by atoms with van der Waals surface area (Å²) >= 11 is 1.32. The topological polar surface area (TPSA) is 89.0 Å². The number of benzene rings is 2. The van der Waals surface area contributed by atoms with Crippen LogP contribution in [0.2, 0.25) is 0 Å². The Hall–Kier alpha value is -3.73. The molecule has 0 aliphatic heterocycles. The lowest BCUT2D eigenvalue weighted by Gasteiger charge is -2.28. The van der Waals surface area contributed by atoms with Crippen LogP contribution in [0.4, 0.5) is 24.3 Å². The average Bonchev–Trinajstić information content (AvgIpc) is 3.31. The number of nitrogens with zero attached hydrogens (tertiary/aromatic N) is 3. The number of anilines is 2. The first-order chi connectivity index (χ1) is 18.7. The van der Waals surface area contributed by atoms with Crippen LogP contribution in [0.1, 0.15) is 51.5 Å². The Labute approximate surface area is 227 Å². The lowest BCUT2D eigenvalue weighted by Crippen LogP contribution is -2.28. The zero-order chi connectivity index (χ0) is 27.6. The first kappa shape index (κ1) is 26.9. The maximum Gasteiger partial charge on any atom is 0.416 e. The van der Waals surface area contributed by atoms with E-state index in [1.54, 1.807) is 12.1 Å². The number of halogens is 3. The fourth-order valence-corrected chi connectivity index (χ4v) is 5.73. The van der Waals surface area contributed by atoms with Crippen molar-refractivity contribution in [3.63, 3.8) is 0 Å². The molecule has 2 heterocycles. The zero-order valence-electron chi connectivity index (χ0n) is 21.5. The summed E-state index contributed by atoms with van der Waals surface area (Å²) in [7, 11) is 0. The van der Waals surface area contributed by atoms with E-state index in [0.717, 1.165) is 29.7 Å². The summed E-state index contributed by atoms with van der Waals surface area (Å²) in [4.78, 5) is 25.2. The van der Waals surface area contributed by atoms with Crippen LogP contribution in [-0.2, 0) is 11.0 Å². The van der Waals surface area contributed by atoms with Crippen LogP contribution < -0.4 is 15.4 Å². The number of aromatic nitrogens is 3. The van der Waals surface area contributed by atoms with E-state index in [1.807, 2.05) is 12.1 Å². The lowest BCUT2D eigenvalue weighted by molar-refractivity contribution is -0.137. The van der Waals surface area contributed by atoms with Crippen molar-refractivity contribution in [3.05, 3.63) is 54.1 Å². The summed E-state index contributed by atoms with van der Waals surface area (Å²) in [6.07, 6.45) is 1.44. The van der Waals surface area contributed by atoms with Gasteiger partial charge in [0, 0.05) is 24.6 Å². The van der Waals surface area contributed by atoms with Crippen molar-refractivity contribution in [2.45, 2.75) is 58.2 Å². The Morgan fingerprint density at radius 1 is 1.05 bits per heavy atom. The summed E-state index contributed by atoms with van der Waals surface area (Å²) in [5.74, 6) is 1.25. The molecule has 1 fully saturated rings. The molecule has 1 amide bonds. The molecule has 0 radical (unpaired) electrons. The second-order valence-corrected chi connectivity index (χ2v) is 10.8. The zero-order valence-corrected chi connectivity index (χ0v) is 22.3. The van der Waals surface area contributed by atoms with Crippen molar-refractivity contribution >= 4 is 38.5 Å². The van der Waals surface area contributed by atoms with E-state index in [2.05, 4.69) is 32.5 Å². The third kappa shape index (κ3) is 6.47. The van der Waals surface area contributed by atoms with E-state index in [9.17, 15) is 18.0 Å². The van der Waals surface area contributed by atoms with Crippen LogP contribution in [0.15, 0.2) is 48.5 Å². The summed E-state index contributed by atoms with van der Waals surface area (Å²) < 4.78 is 46.4. The number of carbonyl (C=O) groups is 1. The molecule has 11 heteroatoms. The number of rotatable bonds is 7. The molecule has 1 saturated carbocycles. The van der Waals surface area contributed by atoms with E-state index in [4.69, 9.17) is 4.74 Å². The molecule has 1 aliphatic carbocycles. The van der Waals surface area contributed by atoms with Gasteiger partial charge in [0.15, 0.2) is 10.9 Å². The van der Waals surface area contributed by atoms with Gasteiger partial charge in [-0.05, 0) is 49.9 Å².